The van der Waals surface area contributed by atoms with Gasteiger partial charge in [-0.1, -0.05) is 6.92 Å². The Morgan fingerprint density at radius 1 is 1.60 bits per heavy atom. The Hall–Kier alpha value is -0.990. The second-order valence-corrected chi connectivity index (χ2v) is 2.22. The molecule has 0 radical (unpaired) electrons. The molecule has 0 aromatic carbocycles. The molecular formula is C7H13N3. The Morgan fingerprint density at radius 2 is 2.30 bits per heavy atom. The molecule has 3 nitrogen and oxygen atoms in total. The monoisotopic (exact) mass is 139 g/mol. The molecule has 1 rings (SSSR count). The molecule has 0 fully saturated rings. The summed E-state index contributed by atoms with van der Waals surface area (Å²) in [5, 5.41) is 0. The summed E-state index contributed by atoms with van der Waals surface area (Å²) in [5.41, 5.74) is 5.50. The van der Waals surface area contributed by atoms with E-state index in [4.69, 9.17) is 5.73 Å². The molecule has 0 saturated carbocycles. The maximum absolute atomic E-state index is 5.50. The predicted molar refractivity (Wildman–Crippen MR) is 41.7 cm³/mol. The van der Waals surface area contributed by atoms with E-state index in [0.29, 0.717) is 5.82 Å². The molecule has 0 bridgehead atoms. The van der Waals surface area contributed by atoms with E-state index < -0.39 is 0 Å². The number of imidazole rings is 1. The van der Waals surface area contributed by atoms with E-state index in [1.54, 1.807) is 0 Å². The van der Waals surface area contributed by atoms with Crippen LogP contribution in [-0.2, 0) is 13.0 Å². The molecule has 0 aliphatic carbocycles. The highest BCUT2D eigenvalue weighted by molar-refractivity contribution is 5.25. The third kappa shape index (κ3) is 1.12. The van der Waals surface area contributed by atoms with E-state index >= 15 is 0 Å². The zero-order valence-corrected chi connectivity index (χ0v) is 6.46. The van der Waals surface area contributed by atoms with Crippen LogP contribution >= 0.6 is 0 Å². The smallest absolute Gasteiger partial charge is 0.141 e. The van der Waals surface area contributed by atoms with Gasteiger partial charge in [0.25, 0.3) is 0 Å². The van der Waals surface area contributed by atoms with Gasteiger partial charge in [-0.25, -0.2) is 4.98 Å². The topological polar surface area (TPSA) is 43.8 Å². The molecule has 0 unspecified atom stereocenters. The minimum absolute atomic E-state index is 0.624. The van der Waals surface area contributed by atoms with E-state index in [9.17, 15) is 0 Å². The largest absolute Gasteiger partial charge is 0.382 e. The van der Waals surface area contributed by atoms with Crippen molar-refractivity contribution in [2.75, 3.05) is 5.73 Å². The van der Waals surface area contributed by atoms with Gasteiger partial charge in [0, 0.05) is 19.2 Å². The molecule has 0 atom stereocenters. The summed E-state index contributed by atoms with van der Waals surface area (Å²) in [4.78, 5) is 4.14. The molecule has 0 aliphatic heterocycles. The maximum Gasteiger partial charge on any atom is 0.141 e. The van der Waals surface area contributed by atoms with Crippen molar-refractivity contribution in [1.29, 1.82) is 0 Å². The predicted octanol–water partition coefficient (Wildman–Crippen LogP) is 1.05. The van der Waals surface area contributed by atoms with Crippen LogP contribution in [0.5, 0.6) is 0 Å². The number of nitrogens with zero attached hydrogens (tertiary/aromatic N) is 2. The normalized spacial score (nSPS) is 10.2. The fourth-order valence-corrected chi connectivity index (χ4v) is 1.03. The first-order valence-electron chi connectivity index (χ1n) is 3.59. The van der Waals surface area contributed by atoms with Crippen LogP contribution in [0.3, 0.4) is 0 Å². The summed E-state index contributed by atoms with van der Waals surface area (Å²) in [6.07, 6.45) is 2.82. The molecule has 10 heavy (non-hydrogen) atoms. The van der Waals surface area contributed by atoms with Gasteiger partial charge in [-0.2, -0.15) is 0 Å². The average Bonchev–Trinajstić information content (AvgIpc) is 2.30. The summed E-state index contributed by atoms with van der Waals surface area (Å²) >= 11 is 0. The van der Waals surface area contributed by atoms with E-state index in [2.05, 4.69) is 23.4 Å². The van der Waals surface area contributed by atoms with Crippen molar-refractivity contribution in [2.24, 2.45) is 0 Å². The second kappa shape index (κ2) is 2.73. The van der Waals surface area contributed by atoms with Crippen LogP contribution in [0, 0.1) is 0 Å². The molecule has 0 spiro atoms. The number of hydrogen-bond acceptors (Lipinski definition) is 2. The third-order valence-corrected chi connectivity index (χ3v) is 1.53. The minimum Gasteiger partial charge on any atom is -0.382 e. The number of nitrogens with two attached hydrogens (primary N) is 1. The molecule has 56 valence electrons. The number of anilines is 1. The molecule has 1 aromatic heterocycles. The van der Waals surface area contributed by atoms with Crippen LogP contribution in [0.1, 0.15) is 19.7 Å². The van der Waals surface area contributed by atoms with Crippen LogP contribution in [-0.4, -0.2) is 9.55 Å². The van der Waals surface area contributed by atoms with Gasteiger partial charge < -0.3 is 10.3 Å². The second-order valence-electron chi connectivity index (χ2n) is 2.22. The first kappa shape index (κ1) is 7.12. The van der Waals surface area contributed by atoms with Gasteiger partial charge in [-0.3, -0.25) is 0 Å². The summed E-state index contributed by atoms with van der Waals surface area (Å²) in [6.45, 7) is 5.11. The van der Waals surface area contributed by atoms with Crippen LogP contribution in [0.15, 0.2) is 6.20 Å². The van der Waals surface area contributed by atoms with Crippen molar-refractivity contribution >= 4 is 5.82 Å². The van der Waals surface area contributed by atoms with Crippen molar-refractivity contribution in [3.8, 4) is 0 Å². The first-order chi connectivity index (χ1) is 4.77. The number of rotatable bonds is 2. The lowest BCUT2D eigenvalue weighted by Crippen LogP contribution is -1.98. The molecule has 1 aromatic rings. The Balaban J connectivity index is 2.96. The van der Waals surface area contributed by atoms with Gasteiger partial charge in [0.2, 0.25) is 0 Å². The summed E-state index contributed by atoms with van der Waals surface area (Å²) in [7, 11) is 0. The Labute approximate surface area is 60.9 Å². The van der Waals surface area contributed by atoms with E-state index in [-0.39, 0.29) is 0 Å². The Morgan fingerprint density at radius 3 is 2.70 bits per heavy atom. The quantitative estimate of drug-likeness (QED) is 0.665. The lowest BCUT2D eigenvalue weighted by atomic mass is 10.4. The first-order valence-corrected chi connectivity index (χ1v) is 3.59. The molecular weight excluding hydrogens is 126 g/mol. The van der Waals surface area contributed by atoms with Gasteiger partial charge in [0.1, 0.15) is 11.6 Å². The lowest BCUT2D eigenvalue weighted by Gasteiger charge is -1.98. The number of aryl methyl sites for hydroxylation is 2. The van der Waals surface area contributed by atoms with E-state index in [1.807, 2.05) is 6.20 Å². The van der Waals surface area contributed by atoms with E-state index in [0.717, 1.165) is 18.8 Å². The fourth-order valence-electron chi connectivity index (χ4n) is 1.03. The van der Waals surface area contributed by atoms with Crippen LogP contribution < -0.4 is 5.73 Å². The lowest BCUT2D eigenvalue weighted by molar-refractivity contribution is 0.705. The average molecular weight is 139 g/mol. The van der Waals surface area contributed by atoms with Crippen molar-refractivity contribution in [3.63, 3.8) is 0 Å². The number of aromatic nitrogens is 2. The zero-order chi connectivity index (χ0) is 7.56. The third-order valence-electron chi connectivity index (χ3n) is 1.53. The summed E-state index contributed by atoms with van der Waals surface area (Å²) in [5.74, 6) is 1.69. The number of hydrogen-bond donors (Lipinski definition) is 1. The Bertz CT molecular complexity index is 193. The van der Waals surface area contributed by atoms with Gasteiger partial charge >= 0.3 is 0 Å². The van der Waals surface area contributed by atoms with Crippen LogP contribution in [0.4, 0.5) is 5.82 Å². The zero-order valence-electron chi connectivity index (χ0n) is 6.46. The van der Waals surface area contributed by atoms with Gasteiger partial charge in [0.05, 0.1) is 0 Å². The van der Waals surface area contributed by atoms with Crippen molar-refractivity contribution < 1.29 is 0 Å². The molecule has 0 saturated heterocycles. The molecule has 3 heteroatoms. The van der Waals surface area contributed by atoms with Crippen molar-refractivity contribution in [3.05, 3.63) is 12.0 Å². The molecule has 0 aliphatic rings. The fraction of sp³-hybridized carbons (Fsp3) is 0.571. The maximum atomic E-state index is 5.50. The highest BCUT2D eigenvalue weighted by Crippen LogP contribution is 2.04. The van der Waals surface area contributed by atoms with Crippen LogP contribution in [0.2, 0.25) is 0 Å². The standard InChI is InChI=1S/C7H13N3/c1-3-7-9-6(8)5-10(7)4-2/h5H,3-4,8H2,1-2H3. The highest BCUT2D eigenvalue weighted by Gasteiger charge is 1.99. The van der Waals surface area contributed by atoms with Crippen molar-refractivity contribution in [2.45, 2.75) is 26.8 Å². The highest BCUT2D eigenvalue weighted by atomic mass is 15.1. The summed E-state index contributed by atoms with van der Waals surface area (Å²) in [6, 6.07) is 0. The van der Waals surface area contributed by atoms with Gasteiger partial charge in [-0.15, -0.1) is 0 Å². The minimum atomic E-state index is 0.624. The summed E-state index contributed by atoms with van der Waals surface area (Å²) < 4.78 is 2.06. The molecule has 1 heterocycles. The number of nitrogen functional groups attached to an aromatic ring is 1. The Kier molecular flexibility index (Phi) is 1.94. The van der Waals surface area contributed by atoms with Gasteiger partial charge in [-0.05, 0) is 6.92 Å². The van der Waals surface area contributed by atoms with E-state index in [1.165, 1.54) is 0 Å². The molecule has 2 N–H and O–H groups in total. The molecule has 0 amide bonds. The van der Waals surface area contributed by atoms with Crippen molar-refractivity contribution in [1.82, 2.24) is 9.55 Å². The van der Waals surface area contributed by atoms with Crippen LogP contribution in [0.25, 0.3) is 0 Å². The SMILES string of the molecule is CCc1nc(N)cn1CC. The van der Waals surface area contributed by atoms with Gasteiger partial charge in [0.15, 0.2) is 0 Å².